The predicted octanol–water partition coefficient (Wildman–Crippen LogP) is 5.56. The minimum atomic E-state index is -0.201. The molecule has 1 heterocycles. The van der Waals surface area contributed by atoms with Gasteiger partial charge in [-0.2, -0.15) is 0 Å². The van der Waals surface area contributed by atoms with Gasteiger partial charge in [-0.05, 0) is 29.5 Å². The summed E-state index contributed by atoms with van der Waals surface area (Å²) in [5.41, 5.74) is 4.64. The van der Waals surface area contributed by atoms with Crippen LogP contribution in [0.1, 0.15) is 43.7 Å². The number of benzene rings is 2. The van der Waals surface area contributed by atoms with E-state index in [1.165, 1.54) is 0 Å². The molecule has 0 aromatic heterocycles. The van der Waals surface area contributed by atoms with Crippen LogP contribution in [-0.4, -0.2) is 20.0 Å². The van der Waals surface area contributed by atoms with Gasteiger partial charge in [0.15, 0.2) is 5.78 Å². The molecule has 146 valence electrons. The molecule has 1 aliphatic carbocycles. The number of rotatable bonds is 3. The van der Waals surface area contributed by atoms with E-state index in [0.717, 1.165) is 34.5 Å². The van der Waals surface area contributed by atoms with Gasteiger partial charge in [-0.25, -0.2) is 0 Å². The average Bonchev–Trinajstić information content (AvgIpc) is 2.65. The molecule has 2 aliphatic rings. The Morgan fingerprint density at radius 2 is 1.79 bits per heavy atom. The molecule has 0 spiro atoms. The molecule has 2 aromatic rings. The van der Waals surface area contributed by atoms with Crippen molar-refractivity contribution in [3.8, 4) is 11.5 Å². The number of hydrogen-bond acceptors (Lipinski definition) is 4. The first-order valence-corrected chi connectivity index (χ1v) is 9.75. The van der Waals surface area contributed by atoms with Crippen LogP contribution in [0.5, 0.6) is 11.5 Å². The second kappa shape index (κ2) is 6.85. The highest BCUT2D eigenvalue weighted by Crippen LogP contribution is 2.52. The first-order valence-electron chi connectivity index (χ1n) is 9.37. The molecule has 1 N–H and O–H groups in total. The maximum absolute atomic E-state index is 13.2. The molecule has 0 amide bonds. The molecular weight excluding hydrogens is 374 g/mol. The standard InChI is InChI=1S/C23H24ClNO3/c1-23(2)11-17-21(18(26)12-23)20(13-5-7-14(24)8-6-13)22-16(25-17)9-15(27-3)10-19(22)28-4/h5-10,20,25H,11-12H2,1-4H3/t20-/m0/s1. The summed E-state index contributed by atoms with van der Waals surface area (Å²) < 4.78 is 11.2. The monoisotopic (exact) mass is 397 g/mol. The molecule has 0 fully saturated rings. The summed E-state index contributed by atoms with van der Waals surface area (Å²) in [6.07, 6.45) is 1.35. The fourth-order valence-corrected chi connectivity index (χ4v) is 4.49. The number of Topliss-reactive ketones (excluding diaryl/α,β-unsaturated/α-hetero) is 1. The lowest BCUT2D eigenvalue weighted by molar-refractivity contribution is -0.118. The second-order valence-electron chi connectivity index (χ2n) is 8.23. The molecule has 4 rings (SSSR count). The number of carbonyl (C=O) groups is 1. The topological polar surface area (TPSA) is 47.6 Å². The summed E-state index contributed by atoms with van der Waals surface area (Å²) in [4.78, 5) is 13.2. The van der Waals surface area contributed by atoms with Crippen molar-refractivity contribution in [3.63, 3.8) is 0 Å². The molecule has 0 saturated heterocycles. The highest BCUT2D eigenvalue weighted by Gasteiger charge is 2.42. The molecule has 28 heavy (non-hydrogen) atoms. The Labute approximate surface area is 170 Å². The molecule has 0 bridgehead atoms. The van der Waals surface area contributed by atoms with E-state index in [9.17, 15) is 4.79 Å². The molecule has 2 aromatic carbocycles. The molecule has 0 unspecified atom stereocenters. The van der Waals surface area contributed by atoms with Gasteiger partial charge >= 0.3 is 0 Å². The van der Waals surface area contributed by atoms with Crippen molar-refractivity contribution in [2.24, 2.45) is 5.41 Å². The van der Waals surface area contributed by atoms with E-state index in [1.807, 2.05) is 36.4 Å². The fourth-order valence-electron chi connectivity index (χ4n) is 4.37. The van der Waals surface area contributed by atoms with E-state index < -0.39 is 0 Å². The molecule has 0 radical (unpaired) electrons. The quantitative estimate of drug-likeness (QED) is 0.736. The SMILES string of the molecule is COc1cc2c(c(OC)c1)[C@@H](c1ccc(Cl)cc1)C1=C(CC(C)(C)CC1=O)N2. The number of ketones is 1. The zero-order valence-corrected chi connectivity index (χ0v) is 17.3. The smallest absolute Gasteiger partial charge is 0.162 e. The third-order valence-electron chi connectivity index (χ3n) is 5.56. The van der Waals surface area contributed by atoms with Crippen molar-refractivity contribution in [1.82, 2.24) is 0 Å². The van der Waals surface area contributed by atoms with E-state index >= 15 is 0 Å². The van der Waals surface area contributed by atoms with Crippen LogP contribution >= 0.6 is 11.6 Å². The predicted molar refractivity (Wildman–Crippen MR) is 112 cm³/mol. The van der Waals surface area contributed by atoms with Crippen molar-refractivity contribution in [2.45, 2.75) is 32.6 Å². The Hall–Kier alpha value is -2.46. The van der Waals surface area contributed by atoms with Crippen LogP contribution in [0.2, 0.25) is 5.02 Å². The van der Waals surface area contributed by atoms with Gasteiger partial charge in [0.2, 0.25) is 0 Å². The molecule has 0 saturated carbocycles. The van der Waals surface area contributed by atoms with Gasteiger partial charge in [0.05, 0.1) is 14.2 Å². The number of nitrogens with one attached hydrogen (secondary N) is 1. The number of ether oxygens (including phenoxy) is 2. The van der Waals surface area contributed by atoms with E-state index in [4.69, 9.17) is 21.1 Å². The first kappa shape index (κ1) is 18.9. The Balaban J connectivity index is 1.98. The lowest BCUT2D eigenvalue weighted by Gasteiger charge is -2.40. The maximum atomic E-state index is 13.2. The van der Waals surface area contributed by atoms with E-state index in [-0.39, 0.29) is 17.1 Å². The van der Waals surface area contributed by atoms with E-state index in [0.29, 0.717) is 22.9 Å². The fraction of sp³-hybridized carbons (Fsp3) is 0.348. The van der Waals surface area contributed by atoms with Crippen LogP contribution in [-0.2, 0) is 4.79 Å². The molecule has 1 atom stereocenters. The normalized spacial score (nSPS) is 20.2. The summed E-state index contributed by atoms with van der Waals surface area (Å²) in [6, 6.07) is 11.5. The molecule has 5 heteroatoms. The minimum absolute atomic E-state index is 0.0755. The lowest BCUT2D eigenvalue weighted by atomic mass is 9.68. The van der Waals surface area contributed by atoms with Crippen LogP contribution in [0.15, 0.2) is 47.7 Å². The van der Waals surface area contributed by atoms with Gasteiger partial charge in [0, 0.05) is 52.0 Å². The van der Waals surface area contributed by atoms with E-state index in [2.05, 4.69) is 19.2 Å². The zero-order valence-electron chi connectivity index (χ0n) is 16.6. The third kappa shape index (κ3) is 3.16. The van der Waals surface area contributed by atoms with Crippen LogP contribution < -0.4 is 14.8 Å². The Bertz CT molecular complexity index is 976. The van der Waals surface area contributed by atoms with Gasteiger partial charge in [-0.3, -0.25) is 4.79 Å². The summed E-state index contributed by atoms with van der Waals surface area (Å²) in [6.45, 7) is 4.27. The number of carbonyl (C=O) groups excluding carboxylic acids is 1. The van der Waals surface area contributed by atoms with Crippen molar-refractivity contribution < 1.29 is 14.3 Å². The van der Waals surface area contributed by atoms with Gasteiger partial charge in [-0.1, -0.05) is 37.6 Å². The number of methoxy groups -OCH3 is 2. The summed E-state index contributed by atoms with van der Waals surface area (Å²) >= 11 is 6.12. The second-order valence-corrected chi connectivity index (χ2v) is 8.67. The minimum Gasteiger partial charge on any atom is -0.497 e. The summed E-state index contributed by atoms with van der Waals surface area (Å²) in [5, 5.41) is 4.19. The van der Waals surface area contributed by atoms with Crippen LogP contribution in [0.3, 0.4) is 0 Å². The number of allylic oxidation sites excluding steroid dienone is 2. The van der Waals surface area contributed by atoms with Crippen molar-refractivity contribution in [3.05, 3.63) is 63.8 Å². The molecule has 4 nitrogen and oxygen atoms in total. The van der Waals surface area contributed by atoms with Gasteiger partial charge in [0.25, 0.3) is 0 Å². The van der Waals surface area contributed by atoms with E-state index in [1.54, 1.807) is 14.2 Å². The number of anilines is 1. The number of halogens is 1. The van der Waals surface area contributed by atoms with Crippen LogP contribution in [0.4, 0.5) is 5.69 Å². The van der Waals surface area contributed by atoms with Crippen molar-refractivity contribution >= 4 is 23.1 Å². The van der Waals surface area contributed by atoms with Gasteiger partial charge < -0.3 is 14.8 Å². The average molecular weight is 398 g/mol. The highest BCUT2D eigenvalue weighted by molar-refractivity contribution is 6.30. The van der Waals surface area contributed by atoms with Gasteiger partial charge in [-0.15, -0.1) is 0 Å². The molecular formula is C23H24ClNO3. The van der Waals surface area contributed by atoms with Crippen molar-refractivity contribution in [2.75, 3.05) is 19.5 Å². The van der Waals surface area contributed by atoms with Crippen LogP contribution in [0.25, 0.3) is 0 Å². The highest BCUT2D eigenvalue weighted by atomic mass is 35.5. The number of hydrogen-bond donors (Lipinski definition) is 1. The maximum Gasteiger partial charge on any atom is 0.162 e. The summed E-state index contributed by atoms with van der Waals surface area (Å²) in [5.74, 6) is 1.39. The number of fused-ring (bicyclic) bond motifs is 1. The molecule has 1 aliphatic heterocycles. The van der Waals surface area contributed by atoms with Gasteiger partial charge in [0.1, 0.15) is 11.5 Å². The first-order chi connectivity index (χ1) is 13.3. The van der Waals surface area contributed by atoms with Crippen molar-refractivity contribution in [1.29, 1.82) is 0 Å². The third-order valence-corrected chi connectivity index (χ3v) is 5.81. The lowest BCUT2D eigenvalue weighted by Crippen LogP contribution is -2.34. The largest absolute Gasteiger partial charge is 0.497 e. The summed E-state index contributed by atoms with van der Waals surface area (Å²) in [7, 11) is 3.28. The zero-order chi connectivity index (χ0) is 20.1. The Morgan fingerprint density at radius 1 is 1.07 bits per heavy atom. The van der Waals surface area contributed by atoms with Crippen LogP contribution in [0, 0.1) is 5.41 Å². The Kier molecular flexibility index (Phi) is 4.62. The Morgan fingerprint density at radius 3 is 2.43 bits per heavy atom.